The molecule has 39 heavy (non-hydrogen) atoms. The van der Waals surface area contributed by atoms with Crippen LogP contribution in [-0.2, 0) is 4.79 Å². The van der Waals surface area contributed by atoms with Crippen LogP contribution in [0.1, 0.15) is 24.0 Å². The Morgan fingerprint density at radius 1 is 0.897 bits per heavy atom. The smallest absolute Gasteiger partial charge is 0.243 e. The van der Waals surface area contributed by atoms with Crippen molar-refractivity contribution in [1.82, 2.24) is 4.90 Å². The van der Waals surface area contributed by atoms with Gasteiger partial charge in [0, 0.05) is 37.7 Å². The molecule has 1 heterocycles. The molecule has 0 aromatic heterocycles. The minimum atomic E-state index is -1.39. The lowest BCUT2D eigenvalue weighted by molar-refractivity contribution is -0.139. The van der Waals surface area contributed by atoms with E-state index in [1.807, 2.05) is 78.9 Å². The van der Waals surface area contributed by atoms with Crippen LogP contribution < -0.4 is 9.64 Å². The molecule has 4 aromatic carbocycles. The summed E-state index contributed by atoms with van der Waals surface area (Å²) in [5.41, 5.74) is 1.17. The number of halogens is 2. The number of para-hydroxylation sites is 1. The lowest BCUT2D eigenvalue weighted by Crippen LogP contribution is -2.54. The molecule has 0 aliphatic carbocycles. The van der Waals surface area contributed by atoms with Gasteiger partial charge in [0.25, 0.3) is 0 Å². The number of piperazine rings is 1. The molecule has 1 fully saturated rings. The van der Waals surface area contributed by atoms with E-state index >= 15 is 0 Å². The first-order chi connectivity index (χ1) is 18.9. The van der Waals surface area contributed by atoms with Gasteiger partial charge in [-0.2, -0.15) is 5.26 Å². The zero-order valence-electron chi connectivity index (χ0n) is 21.9. The molecule has 0 unspecified atom stereocenters. The topological polar surface area (TPSA) is 56.6 Å². The van der Waals surface area contributed by atoms with Crippen LogP contribution in [0.5, 0.6) is 5.75 Å². The Balaban J connectivity index is 1.54. The highest BCUT2D eigenvalue weighted by Crippen LogP contribution is 2.47. The van der Waals surface area contributed by atoms with E-state index < -0.39 is 11.3 Å². The number of nitrogens with zero attached hydrogens (tertiary/aromatic N) is 3. The third kappa shape index (κ3) is 4.91. The molecule has 5 rings (SSSR count). The first kappa shape index (κ1) is 26.9. The number of anilines is 1. The van der Waals surface area contributed by atoms with E-state index in [1.165, 1.54) is 0 Å². The van der Waals surface area contributed by atoms with Crippen molar-refractivity contribution in [2.24, 2.45) is 5.41 Å². The summed E-state index contributed by atoms with van der Waals surface area (Å²) in [7, 11) is 1.62. The molecule has 0 bridgehead atoms. The minimum Gasteiger partial charge on any atom is -0.496 e. The third-order valence-electron chi connectivity index (χ3n) is 7.68. The number of methoxy groups -OCH3 is 1. The van der Waals surface area contributed by atoms with Crippen LogP contribution in [0.4, 0.5) is 5.69 Å². The number of hydrogen-bond donors (Lipinski definition) is 0. The highest BCUT2D eigenvalue weighted by atomic mass is 35.5. The van der Waals surface area contributed by atoms with E-state index in [0.717, 1.165) is 27.6 Å². The van der Waals surface area contributed by atoms with Gasteiger partial charge >= 0.3 is 0 Å². The van der Waals surface area contributed by atoms with E-state index in [0.29, 0.717) is 42.0 Å². The van der Waals surface area contributed by atoms with Gasteiger partial charge in [-0.1, -0.05) is 89.9 Å². The number of ether oxygens (including phenoxy) is 1. The van der Waals surface area contributed by atoms with Crippen molar-refractivity contribution in [3.8, 4) is 11.8 Å². The molecule has 2 atom stereocenters. The van der Waals surface area contributed by atoms with Crippen molar-refractivity contribution in [3.63, 3.8) is 0 Å². The largest absolute Gasteiger partial charge is 0.496 e. The van der Waals surface area contributed by atoms with Crippen LogP contribution in [-0.4, -0.2) is 44.1 Å². The molecule has 1 aliphatic rings. The number of hydrogen-bond acceptors (Lipinski definition) is 4. The molecule has 7 heteroatoms. The Morgan fingerprint density at radius 3 is 2.28 bits per heavy atom. The van der Waals surface area contributed by atoms with Crippen LogP contribution in [0.3, 0.4) is 0 Å². The fourth-order valence-corrected chi connectivity index (χ4v) is 6.06. The first-order valence-corrected chi connectivity index (χ1v) is 13.6. The Morgan fingerprint density at radius 2 is 1.54 bits per heavy atom. The van der Waals surface area contributed by atoms with Gasteiger partial charge in [0.2, 0.25) is 5.91 Å². The molecular formula is C32H29Cl2N3O2. The summed E-state index contributed by atoms with van der Waals surface area (Å²) < 4.78 is 5.74. The molecule has 198 valence electrons. The monoisotopic (exact) mass is 557 g/mol. The summed E-state index contributed by atoms with van der Waals surface area (Å²) in [6.07, 6.45) is 0. The molecule has 1 aliphatic heterocycles. The maximum atomic E-state index is 14.3. The molecule has 1 saturated heterocycles. The molecule has 0 saturated carbocycles. The Bertz CT molecular complexity index is 1550. The average Bonchev–Trinajstić information content (AvgIpc) is 2.98. The minimum absolute atomic E-state index is 0.203. The fraction of sp³-hybridized carbons (Fsp3) is 0.250. The van der Waals surface area contributed by atoms with Crippen molar-refractivity contribution < 1.29 is 9.53 Å². The summed E-state index contributed by atoms with van der Waals surface area (Å²) in [6, 6.07) is 29.8. The number of benzene rings is 4. The maximum absolute atomic E-state index is 14.3. The van der Waals surface area contributed by atoms with Crippen LogP contribution in [0.15, 0.2) is 84.9 Å². The van der Waals surface area contributed by atoms with Crippen molar-refractivity contribution >= 4 is 45.6 Å². The van der Waals surface area contributed by atoms with Crippen molar-refractivity contribution in [3.05, 3.63) is 106 Å². The number of fused-ring (bicyclic) bond motifs is 1. The second-order valence-electron chi connectivity index (χ2n) is 9.91. The SMILES string of the molecule is COc1ccccc1[C@H](c1cccc2ccccc12)[C@@](C)(C#N)C(=O)N1CCN(c2cccc(Cl)c2Cl)CC1. The molecule has 0 radical (unpaired) electrons. The van der Waals surface area contributed by atoms with E-state index in [1.54, 1.807) is 25.0 Å². The van der Waals surface area contributed by atoms with Gasteiger partial charge in [-0.05, 0) is 41.5 Å². The lowest BCUT2D eigenvalue weighted by Gasteiger charge is -2.41. The molecule has 4 aromatic rings. The third-order valence-corrected chi connectivity index (χ3v) is 8.49. The normalized spacial score (nSPS) is 15.9. The standard InChI is InChI=1S/C32H29Cl2N3O2/c1-32(21-35,31(38)37-19-17-36(18-20-37)27-15-8-14-26(33)30(27)34)29(25-12-5-6-16-28(25)39-2)24-13-7-10-22-9-3-4-11-23(22)24/h3-16,29H,17-20H2,1-2H3/t29-,32+/m0/s1. The average molecular weight is 559 g/mol. The van der Waals surface area contributed by atoms with E-state index in [2.05, 4.69) is 11.0 Å². The van der Waals surface area contributed by atoms with Crippen LogP contribution >= 0.6 is 23.2 Å². The van der Waals surface area contributed by atoms with Gasteiger partial charge in [0.15, 0.2) is 0 Å². The highest BCUT2D eigenvalue weighted by Gasteiger charge is 2.47. The van der Waals surface area contributed by atoms with E-state index in [4.69, 9.17) is 27.9 Å². The highest BCUT2D eigenvalue weighted by molar-refractivity contribution is 6.43. The van der Waals surface area contributed by atoms with Crippen molar-refractivity contribution in [1.29, 1.82) is 5.26 Å². The zero-order chi connectivity index (χ0) is 27.6. The van der Waals surface area contributed by atoms with E-state index in [-0.39, 0.29) is 5.91 Å². The maximum Gasteiger partial charge on any atom is 0.243 e. The molecule has 1 amide bonds. The fourth-order valence-electron chi connectivity index (χ4n) is 5.65. The molecule has 0 spiro atoms. The van der Waals surface area contributed by atoms with Gasteiger partial charge in [-0.3, -0.25) is 4.79 Å². The summed E-state index contributed by atoms with van der Waals surface area (Å²) >= 11 is 12.7. The Labute approximate surface area is 239 Å². The van der Waals surface area contributed by atoms with Crippen molar-refractivity contribution in [2.45, 2.75) is 12.8 Å². The number of amides is 1. The van der Waals surface area contributed by atoms with Gasteiger partial charge in [-0.15, -0.1) is 0 Å². The van der Waals surface area contributed by atoms with Crippen LogP contribution in [0.25, 0.3) is 10.8 Å². The first-order valence-electron chi connectivity index (χ1n) is 12.9. The van der Waals surface area contributed by atoms with Gasteiger partial charge in [0.05, 0.1) is 28.9 Å². The van der Waals surface area contributed by atoms with Gasteiger partial charge in [-0.25, -0.2) is 0 Å². The predicted octanol–water partition coefficient (Wildman–Crippen LogP) is 7.17. The zero-order valence-corrected chi connectivity index (χ0v) is 23.4. The Kier molecular flexibility index (Phi) is 7.70. The number of nitriles is 1. The number of rotatable bonds is 6. The quantitative estimate of drug-likeness (QED) is 0.252. The second kappa shape index (κ2) is 11.2. The van der Waals surface area contributed by atoms with Crippen LogP contribution in [0.2, 0.25) is 10.0 Å². The summed E-state index contributed by atoms with van der Waals surface area (Å²) in [5, 5.41) is 13.8. The second-order valence-corrected chi connectivity index (χ2v) is 10.7. The number of carbonyl (C=O) groups excluding carboxylic acids is 1. The van der Waals surface area contributed by atoms with E-state index in [9.17, 15) is 10.1 Å². The number of carbonyl (C=O) groups is 1. The Hall–Kier alpha value is -3.72. The summed E-state index contributed by atoms with van der Waals surface area (Å²) in [6.45, 7) is 3.86. The lowest BCUT2D eigenvalue weighted by atomic mass is 9.68. The van der Waals surface area contributed by atoms with Gasteiger partial charge < -0.3 is 14.5 Å². The van der Waals surface area contributed by atoms with Gasteiger partial charge in [0.1, 0.15) is 11.2 Å². The van der Waals surface area contributed by atoms with Crippen LogP contribution in [0, 0.1) is 16.7 Å². The summed E-state index contributed by atoms with van der Waals surface area (Å²) in [5.74, 6) is -0.117. The molecular weight excluding hydrogens is 529 g/mol. The van der Waals surface area contributed by atoms with Crippen molar-refractivity contribution in [2.75, 3.05) is 38.2 Å². The molecule has 0 N–H and O–H groups in total. The predicted molar refractivity (Wildman–Crippen MR) is 158 cm³/mol. The molecule has 5 nitrogen and oxygen atoms in total. The summed E-state index contributed by atoms with van der Waals surface area (Å²) in [4.78, 5) is 18.3.